The second-order valence-corrected chi connectivity index (χ2v) is 8.21. The molecule has 152 valence electrons. The third-order valence-corrected chi connectivity index (χ3v) is 5.47. The number of fused-ring (bicyclic) bond motifs is 1. The third kappa shape index (κ3) is 4.94. The normalized spacial score (nSPS) is 25.4. The van der Waals surface area contributed by atoms with Gasteiger partial charge in [-0.2, -0.15) is 0 Å². The topological polar surface area (TPSA) is 71.1 Å². The molecule has 0 spiro atoms. The zero-order chi connectivity index (χ0) is 20.3. The van der Waals surface area contributed by atoms with E-state index in [-0.39, 0.29) is 41.7 Å². The fourth-order valence-corrected chi connectivity index (χ4v) is 3.81. The lowest BCUT2D eigenvalue weighted by molar-refractivity contribution is -0.168. The summed E-state index contributed by atoms with van der Waals surface area (Å²) in [5.74, 6) is 0.0832. The van der Waals surface area contributed by atoms with Crippen molar-refractivity contribution in [2.45, 2.75) is 64.4 Å². The maximum Gasteiger partial charge on any atom is 0.335 e. The second-order valence-electron chi connectivity index (χ2n) is 7.36. The Hall–Kier alpha value is -1.86. The van der Waals surface area contributed by atoms with Crippen LogP contribution in [0.4, 0.5) is 0 Å². The Morgan fingerprint density at radius 2 is 1.96 bits per heavy atom. The van der Waals surface area contributed by atoms with Crippen LogP contribution >= 0.6 is 15.9 Å². The minimum atomic E-state index is -0.645. The van der Waals surface area contributed by atoms with Crippen molar-refractivity contribution in [2.75, 3.05) is 0 Å². The van der Waals surface area contributed by atoms with E-state index in [2.05, 4.69) is 15.9 Å². The van der Waals surface area contributed by atoms with Gasteiger partial charge in [-0.25, -0.2) is 4.79 Å². The average Bonchev–Trinajstić information content (AvgIpc) is 2.65. The van der Waals surface area contributed by atoms with Gasteiger partial charge in [-0.05, 0) is 61.7 Å². The van der Waals surface area contributed by atoms with E-state index in [1.165, 1.54) is 6.26 Å². The molecule has 2 aliphatic rings. The number of halogens is 1. The highest BCUT2D eigenvalue weighted by Gasteiger charge is 2.42. The molecule has 1 aromatic carbocycles. The molecule has 1 aliphatic heterocycles. The summed E-state index contributed by atoms with van der Waals surface area (Å²) < 4.78 is 23.3. The number of benzene rings is 1. The van der Waals surface area contributed by atoms with Gasteiger partial charge in [-0.1, -0.05) is 12.1 Å². The van der Waals surface area contributed by atoms with Gasteiger partial charge in [-0.15, -0.1) is 0 Å². The molecular formula is C21H25BrO6. The van der Waals surface area contributed by atoms with E-state index in [1.807, 2.05) is 18.2 Å². The maximum atomic E-state index is 12.8. The first-order valence-corrected chi connectivity index (χ1v) is 10.3. The molecule has 0 N–H and O–H groups in total. The van der Waals surface area contributed by atoms with E-state index in [0.717, 1.165) is 4.47 Å². The monoisotopic (exact) mass is 452 g/mol. The van der Waals surface area contributed by atoms with Gasteiger partial charge in [0, 0.05) is 6.42 Å². The summed E-state index contributed by atoms with van der Waals surface area (Å²) in [5.41, 5.74) is 0. The van der Waals surface area contributed by atoms with Crippen LogP contribution in [0.3, 0.4) is 0 Å². The number of carbonyl (C=O) groups is 2. The SMILES string of the molecule is CC(C)OC(=O)C(C)OC1CCC2C(=O)C(Oc3ccccc3Br)=COC2C1. The number of hydrogen-bond acceptors (Lipinski definition) is 6. The highest BCUT2D eigenvalue weighted by Crippen LogP contribution is 2.36. The lowest BCUT2D eigenvalue weighted by Crippen LogP contribution is -2.44. The van der Waals surface area contributed by atoms with Crippen molar-refractivity contribution in [3.8, 4) is 5.75 Å². The van der Waals surface area contributed by atoms with Crippen LogP contribution in [-0.4, -0.2) is 36.2 Å². The summed E-state index contributed by atoms with van der Waals surface area (Å²) in [6, 6.07) is 7.35. The average molecular weight is 453 g/mol. The lowest BCUT2D eigenvalue weighted by Gasteiger charge is -2.37. The van der Waals surface area contributed by atoms with Crippen LogP contribution in [0.15, 0.2) is 40.8 Å². The van der Waals surface area contributed by atoms with E-state index in [0.29, 0.717) is 25.0 Å². The number of esters is 1. The largest absolute Gasteiger partial charge is 0.493 e. The number of Topliss-reactive ketones (excluding diaryl/α,β-unsaturated/α-hetero) is 1. The summed E-state index contributed by atoms with van der Waals surface area (Å²) >= 11 is 3.41. The van der Waals surface area contributed by atoms with Crippen LogP contribution in [0, 0.1) is 5.92 Å². The summed E-state index contributed by atoms with van der Waals surface area (Å²) in [6.07, 6.45) is 1.99. The molecule has 3 rings (SSSR count). The quantitative estimate of drug-likeness (QED) is 0.603. The summed E-state index contributed by atoms with van der Waals surface area (Å²) in [7, 11) is 0. The molecule has 0 radical (unpaired) electrons. The molecule has 0 amide bonds. The Morgan fingerprint density at radius 3 is 2.68 bits per heavy atom. The van der Waals surface area contributed by atoms with Crippen LogP contribution in [0.5, 0.6) is 5.75 Å². The molecule has 7 heteroatoms. The Balaban J connectivity index is 1.59. The fraction of sp³-hybridized carbons (Fsp3) is 0.524. The Morgan fingerprint density at radius 1 is 1.21 bits per heavy atom. The van der Waals surface area contributed by atoms with Crippen LogP contribution in [-0.2, 0) is 23.8 Å². The summed E-state index contributed by atoms with van der Waals surface area (Å²) in [5, 5.41) is 0. The number of allylic oxidation sites excluding steroid dienone is 1. The molecule has 4 unspecified atom stereocenters. The Kier molecular flexibility index (Phi) is 6.78. The summed E-state index contributed by atoms with van der Waals surface area (Å²) in [4.78, 5) is 24.8. The van der Waals surface area contributed by atoms with Crippen molar-refractivity contribution in [1.82, 2.24) is 0 Å². The van der Waals surface area contributed by atoms with Crippen LogP contribution in [0.2, 0.25) is 0 Å². The zero-order valence-electron chi connectivity index (χ0n) is 16.2. The van der Waals surface area contributed by atoms with Crippen LogP contribution < -0.4 is 4.74 Å². The van der Waals surface area contributed by atoms with Gasteiger partial charge in [0.2, 0.25) is 11.5 Å². The van der Waals surface area contributed by atoms with Gasteiger partial charge in [-0.3, -0.25) is 4.79 Å². The smallest absolute Gasteiger partial charge is 0.335 e. The van der Waals surface area contributed by atoms with Gasteiger partial charge >= 0.3 is 5.97 Å². The van der Waals surface area contributed by atoms with E-state index in [9.17, 15) is 9.59 Å². The fourth-order valence-electron chi connectivity index (χ4n) is 3.45. The first kappa shape index (κ1) is 20.9. The number of para-hydroxylation sites is 1. The molecule has 6 nitrogen and oxygen atoms in total. The first-order valence-electron chi connectivity index (χ1n) is 9.53. The second kappa shape index (κ2) is 9.09. The van der Waals surface area contributed by atoms with Crippen molar-refractivity contribution < 1.29 is 28.5 Å². The standard InChI is InChI=1S/C21H25BrO6/c1-12(2)26-21(24)13(3)27-14-8-9-15-18(10-14)25-11-19(20(15)23)28-17-7-5-4-6-16(17)22/h4-7,11-15,18H,8-10H2,1-3H3. The van der Waals surface area contributed by atoms with E-state index in [4.69, 9.17) is 18.9 Å². The van der Waals surface area contributed by atoms with Gasteiger partial charge in [0.15, 0.2) is 6.10 Å². The molecule has 4 atom stereocenters. The highest BCUT2D eigenvalue weighted by molar-refractivity contribution is 9.10. The van der Waals surface area contributed by atoms with E-state index in [1.54, 1.807) is 26.8 Å². The molecule has 1 heterocycles. The minimum absolute atomic E-state index is 0.0577. The molecule has 1 fully saturated rings. The molecule has 0 aromatic heterocycles. The maximum absolute atomic E-state index is 12.8. The molecule has 1 aromatic rings. The van der Waals surface area contributed by atoms with Crippen molar-refractivity contribution >= 4 is 27.7 Å². The number of carbonyl (C=O) groups excluding carboxylic acids is 2. The van der Waals surface area contributed by atoms with Gasteiger partial charge < -0.3 is 18.9 Å². The summed E-state index contributed by atoms with van der Waals surface area (Å²) in [6.45, 7) is 5.29. The lowest BCUT2D eigenvalue weighted by atomic mass is 9.80. The zero-order valence-corrected chi connectivity index (χ0v) is 17.8. The number of ether oxygens (including phenoxy) is 4. The van der Waals surface area contributed by atoms with Crippen molar-refractivity contribution in [2.24, 2.45) is 5.92 Å². The van der Waals surface area contributed by atoms with Crippen molar-refractivity contribution in [1.29, 1.82) is 0 Å². The van der Waals surface area contributed by atoms with Crippen molar-refractivity contribution in [3.63, 3.8) is 0 Å². The van der Waals surface area contributed by atoms with Gasteiger partial charge in [0.25, 0.3) is 0 Å². The molecule has 1 saturated carbocycles. The van der Waals surface area contributed by atoms with E-state index < -0.39 is 6.10 Å². The van der Waals surface area contributed by atoms with Crippen LogP contribution in [0.25, 0.3) is 0 Å². The number of rotatable bonds is 6. The number of ketones is 1. The highest BCUT2D eigenvalue weighted by atomic mass is 79.9. The third-order valence-electron chi connectivity index (χ3n) is 4.81. The predicted molar refractivity (Wildman–Crippen MR) is 106 cm³/mol. The minimum Gasteiger partial charge on any atom is -0.493 e. The van der Waals surface area contributed by atoms with Gasteiger partial charge in [0.05, 0.1) is 22.6 Å². The predicted octanol–water partition coefficient (Wildman–Crippen LogP) is 4.16. The Labute approximate surface area is 173 Å². The molecule has 1 aliphatic carbocycles. The molecule has 0 bridgehead atoms. The van der Waals surface area contributed by atoms with Crippen LogP contribution in [0.1, 0.15) is 40.0 Å². The van der Waals surface area contributed by atoms with Crippen molar-refractivity contribution in [3.05, 3.63) is 40.8 Å². The molecule has 0 saturated heterocycles. The molecule has 28 heavy (non-hydrogen) atoms. The van der Waals surface area contributed by atoms with Gasteiger partial charge in [0.1, 0.15) is 18.1 Å². The van der Waals surface area contributed by atoms with E-state index >= 15 is 0 Å². The number of hydrogen-bond donors (Lipinski definition) is 0. The Bertz CT molecular complexity index is 759. The first-order chi connectivity index (χ1) is 13.3. The molecular weight excluding hydrogens is 428 g/mol.